The molecule has 1 aromatic heterocycles. The minimum atomic E-state index is 0.522. The van der Waals surface area contributed by atoms with Gasteiger partial charge in [0.15, 0.2) is 0 Å². The Bertz CT molecular complexity index is 985. The van der Waals surface area contributed by atoms with E-state index in [1.165, 1.54) is 0 Å². The molecule has 0 aliphatic heterocycles. The van der Waals surface area contributed by atoms with E-state index in [0.29, 0.717) is 13.2 Å². The number of nitrogens with zero attached hydrogens (tertiary/aromatic N) is 1. The van der Waals surface area contributed by atoms with Crippen LogP contribution in [0.15, 0.2) is 91.1 Å². The third-order valence-electron chi connectivity index (χ3n) is 4.13. The average molecular weight is 341 g/mol. The lowest BCUT2D eigenvalue weighted by Crippen LogP contribution is -1.98. The molecule has 3 aromatic carbocycles. The maximum absolute atomic E-state index is 5.97. The van der Waals surface area contributed by atoms with Crippen LogP contribution in [0, 0.1) is 0 Å². The molecule has 0 radical (unpaired) electrons. The van der Waals surface area contributed by atoms with Crippen molar-refractivity contribution in [1.82, 2.24) is 4.98 Å². The molecule has 0 saturated carbocycles. The molecule has 1 heterocycles. The number of para-hydroxylation sites is 1. The van der Waals surface area contributed by atoms with Crippen LogP contribution in [0.5, 0.6) is 11.5 Å². The fourth-order valence-electron chi connectivity index (χ4n) is 2.78. The first-order chi connectivity index (χ1) is 12.9. The summed E-state index contributed by atoms with van der Waals surface area (Å²) in [7, 11) is 0. The predicted octanol–water partition coefficient (Wildman–Crippen LogP) is 5.39. The lowest BCUT2D eigenvalue weighted by molar-refractivity contribution is 0.304. The first kappa shape index (κ1) is 16.2. The highest BCUT2D eigenvalue weighted by Crippen LogP contribution is 2.27. The third-order valence-corrected chi connectivity index (χ3v) is 4.13. The quantitative estimate of drug-likeness (QED) is 0.471. The zero-order valence-corrected chi connectivity index (χ0v) is 14.3. The number of ether oxygens (including phenoxy) is 2. The van der Waals surface area contributed by atoms with Gasteiger partial charge in [-0.15, -0.1) is 0 Å². The number of aromatic nitrogens is 1. The normalized spacial score (nSPS) is 10.6. The zero-order chi connectivity index (χ0) is 17.6. The number of rotatable bonds is 6. The van der Waals surface area contributed by atoms with Crippen LogP contribution in [-0.2, 0) is 13.2 Å². The van der Waals surface area contributed by atoms with Gasteiger partial charge in [-0.05, 0) is 23.3 Å². The van der Waals surface area contributed by atoms with Gasteiger partial charge < -0.3 is 9.47 Å². The average Bonchev–Trinajstić information content (AvgIpc) is 2.72. The van der Waals surface area contributed by atoms with E-state index in [1.54, 1.807) is 6.20 Å². The highest BCUT2D eigenvalue weighted by atomic mass is 16.5. The number of fused-ring (bicyclic) bond motifs is 1. The van der Waals surface area contributed by atoms with E-state index in [4.69, 9.17) is 9.47 Å². The van der Waals surface area contributed by atoms with Crippen molar-refractivity contribution in [2.75, 3.05) is 0 Å². The standard InChI is InChI=1S/C23H19NO2/c1-3-8-18(9-4-1)16-25-21-14-20-12-7-13-22(23(20)24-15-21)26-17-19-10-5-2-6-11-19/h1-15H,16-17H2. The van der Waals surface area contributed by atoms with Crippen LogP contribution in [0.1, 0.15) is 11.1 Å². The third kappa shape index (κ3) is 3.83. The lowest BCUT2D eigenvalue weighted by atomic mass is 10.2. The molecule has 4 aromatic rings. The summed E-state index contributed by atoms with van der Waals surface area (Å²) in [5, 5.41) is 1.00. The monoisotopic (exact) mass is 341 g/mol. The Labute approximate surface area is 152 Å². The van der Waals surface area contributed by atoms with E-state index >= 15 is 0 Å². The first-order valence-corrected chi connectivity index (χ1v) is 8.61. The SMILES string of the molecule is c1ccc(COc2cnc3c(OCc4ccccc4)cccc3c2)cc1. The topological polar surface area (TPSA) is 31.4 Å². The smallest absolute Gasteiger partial charge is 0.146 e. The first-order valence-electron chi connectivity index (χ1n) is 8.61. The van der Waals surface area contributed by atoms with Gasteiger partial charge in [0.2, 0.25) is 0 Å². The largest absolute Gasteiger partial charge is 0.487 e. The Balaban J connectivity index is 1.50. The summed E-state index contributed by atoms with van der Waals surface area (Å²) in [5.74, 6) is 1.53. The van der Waals surface area contributed by atoms with Gasteiger partial charge in [-0.1, -0.05) is 72.8 Å². The van der Waals surface area contributed by atoms with Crippen LogP contribution in [-0.4, -0.2) is 4.98 Å². The van der Waals surface area contributed by atoms with Crippen LogP contribution in [0.4, 0.5) is 0 Å². The van der Waals surface area contributed by atoms with E-state index in [-0.39, 0.29) is 0 Å². The minimum absolute atomic E-state index is 0.522. The number of benzene rings is 3. The number of hydrogen-bond donors (Lipinski definition) is 0. The molecule has 0 spiro atoms. The van der Waals surface area contributed by atoms with Crippen molar-refractivity contribution >= 4 is 10.9 Å². The van der Waals surface area contributed by atoms with E-state index in [9.17, 15) is 0 Å². The van der Waals surface area contributed by atoms with Gasteiger partial charge in [-0.3, -0.25) is 0 Å². The zero-order valence-electron chi connectivity index (χ0n) is 14.3. The second kappa shape index (κ2) is 7.70. The van der Waals surface area contributed by atoms with Crippen LogP contribution in [0.3, 0.4) is 0 Å². The summed E-state index contributed by atoms with van der Waals surface area (Å²) < 4.78 is 11.8. The highest BCUT2D eigenvalue weighted by molar-refractivity contribution is 5.85. The van der Waals surface area contributed by atoms with Gasteiger partial charge in [0.05, 0.1) is 6.20 Å². The second-order valence-corrected chi connectivity index (χ2v) is 6.05. The van der Waals surface area contributed by atoms with Crippen molar-refractivity contribution in [3.63, 3.8) is 0 Å². The molecule has 4 rings (SSSR count). The maximum Gasteiger partial charge on any atom is 0.146 e. The molecule has 0 saturated heterocycles. The Hall–Kier alpha value is -3.33. The van der Waals surface area contributed by atoms with Crippen LogP contribution < -0.4 is 9.47 Å². The molecule has 3 heteroatoms. The van der Waals surface area contributed by atoms with Crippen LogP contribution in [0.2, 0.25) is 0 Å². The van der Waals surface area contributed by atoms with Crippen molar-refractivity contribution in [1.29, 1.82) is 0 Å². The summed E-state index contributed by atoms with van der Waals surface area (Å²) in [5.41, 5.74) is 3.11. The fourth-order valence-corrected chi connectivity index (χ4v) is 2.78. The predicted molar refractivity (Wildman–Crippen MR) is 103 cm³/mol. The Morgan fingerprint density at radius 1 is 0.654 bits per heavy atom. The van der Waals surface area contributed by atoms with Gasteiger partial charge in [0, 0.05) is 5.39 Å². The number of hydrogen-bond acceptors (Lipinski definition) is 3. The molecule has 0 bridgehead atoms. The second-order valence-electron chi connectivity index (χ2n) is 6.05. The molecule has 0 fully saturated rings. The van der Waals surface area contributed by atoms with Crippen molar-refractivity contribution in [2.45, 2.75) is 13.2 Å². The number of pyridine rings is 1. The van der Waals surface area contributed by atoms with E-state index in [0.717, 1.165) is 33.5 Å². The minimum Gasteiger partial charge on any atom is -0.487 e. The molecule has 0 aliphatic carbocycles. The molecule has 0 atom stereocenters. The molecular formula is C23H19NO2. The molecule has 0 aliphatic rings. The Morgan fingerprint density at radius 3 is 2.00 bits per heavy atom. The van der Waals surface area contributed by atoms with Gasteiger partial charge in [0.25, 0.3) is 0 Å². The summed E-state index contributed by atoms with van der Waals surface area (Å²) >= 11 is 0. The van der Waals surface area contributed by atoms with Crippen LogP contribution >= 0.6 is 0 Å². The summed E-state index contributed by atoms with van der Waals surface area (Å²) in [6.07, 6.45) is 1.75. The Morgan fingerprint density at radius 2 is 1.31 bits per heavy atom. The van der Waals surface area contributed by atoms with Crippen molar-refractivity contribution in [3.05, 3.63) is 102 Å². The molecule has 26 heavy (non-hydrogen) atoms. The molecule has 3 nitrogen and oxygen atoms in total. The summed E-state index contributed by atoms with van der Waals surface area (Å²) in [6.45, 7) is 1.05. The highest BCUT2D eigenvalue weighted by Gasteiger charge is 2.06. The van der Waals surface area contributed by atoms with E-state index < -0.39 is 0 Å². The molecule has 0 amide bonds. The summed E-state index contributed by atoms with van der Waals surface area (Å²) in [4.78, 5) is 4.56. The van der Waals surface area contributed by atoms with E-state index in [2.05, 4.69) is 4.98 Å². The van der Waals surface area contributed by atoms with Crippen molar-refractivity contribution in [3.8, 4) is 11.5 Å². The summed E-state index contributed by atoms with van der Waals surface area (Å²) in [6, 6.07) is 28.2. The fraction of sp³-hybridized carbons (Fsp3) is 0.0870. The molecule has 0 N–H and O–H groups in total. The molecule has 128 valence electrons. The lowest BCUT2D eigenvalue weighted by Gasteiger charge is -2.10. The van der Waals surface area contributed by atoms with Gasteiger partial charge in [-0.25, -0.2) is 4.98 Å². The van der Waals surface area contributed by atoms with Crippen molar-refractivity contribution < 1.29 is 9.47 Å². The van der Waals surface area contributed by atoms with E-state index in [1.807, 2.05) is 84.9 Å². The van der Waals surface area contributed by atoms with Gasteiger partial charge in [-0.2, -0.15) is 0 Å². The van der Waals surface area contributed by atoms with Gasteiger partial charge in [0.1, 0.15) is 30.2 Å². The molecule has 0 unspecified atom stereocenters. The van der Waals surface area contributed by atoms with Crippen molar-refractivity contribution in [2.24, 2.45) is 0 Å². The maximum atomic E-state index is 5.97. The van der Waals surface area contributed by atoms with Crippen LogP contribution in [0.25, 0.3) is 10.9 Å². The Kier molecular flexibility index (Phi) is 4.79. The molecular weight excluding hydrogens is 322 g/mol. The van der Waals surface area contributed by atoms with Gasteiger partial charge >= 0.3 is 0 Å².